The van der Waals surface area contributed by atoms with Gasteiger partial charge in [0.25, 0.3) is 0 Å². The van der Waals surface area contributed by atoms with E-state index in [1.54, 1.807) is 24.3 Å². The molecule has 0 aromatic heterocycles. The first kappa shape index (κ1) is 9.95. The van der Waals surface area contributed by atoms with E-state index in [0.717, 1.165) is 0 Å². The van der Waals surface area contributed by atoms with Crippen molar-refractivity contribution in [3.63, 3.8) is 0 Å². The fourth-order valence-electron chi connectivity index (χ4n) is 1.59. The molecule has 3 nitrogen and oxygen atoms in total. The van der Waals surface area contributed by atoms with Gasteiger partial charge < -0.3 is 15.2 Å². The molecule has 0 saturated carbocycles. The summed E-state index contributed by atoms with van der Waals surface area (Å²) in [6.45, 7) is 0. The van der Waals surface area contributed by atoms with Gasteiger partial charge in [0, 0.05) is 5.46 Å². The van der Waals surface area contributed by atoms with E-state index in [2.05, 4.69) is 0 Å². The lowest BCUT2D eigenvalue weighted by Gasteiger charge is -2.08. The standard InChI is InChI=1S/C10H8BFO3/c12-10-8(13)5-6-3-1-2-4-7(6)9(10)11(14)15/h1-5,13-15H. The largest absolute Gasteiger partial charge is 0.505 e. The predicted molar refractivity (Wildman–Crippen MR) is 55.4 cm³/mol. The highest BCUT2D eigenvalue weighted by Crippen LogP contribution is 2.21. The molecule has 3 N–H and O–H groups in total. The van der Waals surface area contributed by atoms with Crippen molar-refractivity contribution in [3.8, 4) is 5.75 Å². The second kappa shape index (κ2) is 3.53. The SMILES string of the molecule is OB(O)c1c(F)c(O)cc2ccccc12. The highest BCUT2D eigenvalue weighted by atomic mass is 19.1. The molecule has 2 aromatic carbocycles. The molecule has 0 saturated heterocycles. The summed E-state index contributed by atoms with van der Waals surface area (Å²) in [6, 6.07) is 7.83. The van der Waals surface area contributed by atoms with Gasteiger partial charge in [-0.2, -0.15) is 0 Å². The topological polar surface area (TPSA) is 60.7 Å². The molecule has 5 heteroatoms. The number of hydrogen-bond donors (Lipinski definition) is 3. The van der Waals surface area contributed by atoms with Crippen LogP contribution in [0.5, 0.6) is 5.75 Å². The highest BCUT2D eigenvalue weighted by molar-refractivity contribution is 6.62. The van der Waals surface area contributed by atoms with Crippen molar-refractivity contribution in [2.45, 2.75) is 0 Å². The summed E-state index contributed by atoms with van der Waals surface area (Å²) in [5.74, 6) is -1.58. The molecule has 0 bridgehead atoms. The van der Waals surface area contributed by atoms with E-state index in [9.17, 15) is 9.50 Å². The van der Waals surface area contributed by atoms with E-state index in [-0.39, 0.29) is 5.46 Å². The number of hydrogen-bond acceptors (Lipinski definition) is 3. The van der Waals surface area contributed by atoms with E-state index in [0.29, 0.717) is 10.8 Å². The fourth-order valence-corrected chi connectivity index (χ4v) is 1.59. The van der Waals surface area contributed by atoms with Gasteiger partial charge in [-0.3, -0.25) is 0 Å². The van der Waals surface area contributed by atoms with Crippen molar-refractivity contribution in [2.75, 3.05) is 0 Å². The summed E-state index contributed by atoms with van der Waals surface area (Å²) in [6.07, 6.45) is 0. The fraction of sp³-hybridized carbons (Fsp3) is 0. The van der Waals surface area contributed by atoms with Crippen LogP contribution < -0.4 is 5.46 Å². The van der Waals surface area contributed by atoms with Crippen molar-refractivity contribution < 1.29 is 19.5 Å². The van der Waals surface area contributed by atoms with Gasteiger partial charge >= 0.3 is 7.12 Å². The number of aromatic hydroxyl groups is 1. The second-order valence-corrected chi connectivity index (χ2v) is 3.22. The Morgan fingerprint density at radius 1 is 1.13 bits per heavy atom. The Balaban J connectivity index is 2.89. The Labute approximate surface area is 85.6 Å². The van der Waals surface area contributed by atoms with Gasteiger partial charge in [0.2, 0.25) is 0 Å². The third-order valence-corrected chi connectivity index (χ3v) is 2.26. The first-order valence-electron chi connectivity index (χ1n) is 4.37. The quantitative estimate of drug-likeness (QED) is 0.590. The first-order valence-corrected chi connectivity index (χ1v) is 4.37. The Morgan fingerprint density at radius 2 is 1.80 bits per heavy atom. The minimum Gasteiger partial charge on any atom is -0.505 e. The summed E-state index contributed by atoms with van der Waals surface area (Å²) in [4.78, 5) is 0. The molecule has 0 amide bonds. The monoisotopic (exact) mass is 206 g/mol. The number of phenolic OH excluding ortho intramolecular Hbond substituents is 1. The maximum Gasteiger partial charge on any atom is 0.492 e. The number of fused-ring (bicyclic) bond motifs is 1. The number of phenols is 1. The molecule has 0 aliphatic rings. The van der Waals surface area contributed by atoms with Crippen molar-refractivity contribution in [2.24, 2.45) is 0 Å². The van der Waals surface area contributed by atoms with Crippen LogP contribution in [0.15, 0.2) is 30.3 Å². The molecule has 0 radical (unpaired) electrons. The van der Waals surface area contributed by atoms with Crippen LogP contribution in [-0.2, 0) is 0 Å². The van der Waals surface area contributed by atoms with Gasteiger partial charge in [-0.15, -0.1) is 0 Å². The minimum atomic E-state index is -1.94. The molecule has 2 aromatic rings. The van der Waals surface area contributed by atoms with E-state index in [4.69, 9.17) is 10.0 Å². The summed E-state index contributed by atoms with van der Waals surface area (Å²) in [5, 5.41) is 28.2. The third kappa shape index (κ3) is 1.56. The van der Waals surface area contributed by atoms with Gasteiger partial charge in [-0.1, -0.05) is 24.3 Å². The van der Waals surface area contributed by atoms with Gasteiger partial charge in [0.15, 0.2) is 11.6 Å². The van der Waals surface area contributed by atoms with Crippen LogP contribution in [0.1, 0.15) is 0 Å². The zero-order chi connectivity index (χ0) is 11.0. The molecule has 0 spiro atoms. The molecule has 0 unspecified atom stereocenters. The number of benzene rings is 2. The summed E-state index contributed by atoms with van der Waals surface area (Å²) >= 11 is 0. The van der Waals surface area contributed by atoms with Crippen molar-refractivity contribution in [3.05, 3.63) is 36.1 Å². The second-order valence-electron chi connectivity index (χ2n) is 3.22. The van der Waals surface area contributed by atoms with Crippen LogP contribution in [0.3, 0.4) is 0 Å². The van der Waals surface area contributed by atoms with E-state index < -0.39 is 18.7 Å². The minimum absolute atomic E-state index is 0.300. The molecule has 0 aliphatic heterocycles. The van der Waals surface area contributed by atoms with Crippen LogP contribution in [-0.4, -0.2) is 22.3 Å². The van der Waals surface area contributed by atoms with E-state index in [1.807, 2.05) is 0 Å². The Hall–Kier alpha value is -1.59. The first-order chi connectivity index (χ1) is 7.11. The van der Waals surface area contributed by atoms with E-state index in [1.165, 1.54) is 6.07 Å². The smallest absolute Gasteiger partial charge is 0.492 e. The maximum absolute atomic E-state index is 13.4. The van der Waals surface area contributed by atoms with Gasteiger partial charge in [0.05, 0.1) is 0 Å². The molecule has 0 atom stereocenters. The maximum atomic E-state index is 13.4. The molecule has 76 valence electrons. The molecular formula is C10H8BFO3. The Bertz CT molecular complexity index is 513. The van der Waals surface area contributed by atoms with Crippen molar-refractivity contribution in [1.29, 1.82) is 0 Å². The van der Waals surface area contributed by atoms with Gasteiger partial charge in [-0.05, 0) is 16.8 Å². The van der Waals surface area contributed by atoms with Crippen molar-refractivity contribution >= 4 is 23.4 Å². The van der Waals surface area contributed by atoms with Crippen LogP contribution in [0, 0.1) is 5.82 Å². The molecule has 0 aliphatic carbocycles. The Morgan fingerprint density at radius 3 is 2.47 bits per heavy atom. The zero-order valence-electron chi connectivity index (χ0n) is 7.68. The lowest BCUT2D eigenvalue weighted by Crippen LogP contribution is -2.33. The predicted octanol–water partition coefficient (Wildman–Crippen LogP) is 0.364. The number of halogens is 1. The van der Waals surface area contributed by atoms with E-state index >= 15 is 0 Å². The lowest BCUT2D eigenvalue weighted by atomic mass is 9.76. The third-order valence-electron chi connectivity index (χ3n) is 2.26. The molecule has 2 rings (SSSR count). The normalized spacial score (nSPS) is 10.6. The van der Waals surface area contributed by atoms with Crippen LogP contribution in [0.4, 0.5) is 4.39 Å². The summed E-state index contributed by atoms with van der Waals surface area (Å²) < 4.78 is 13.4. The van der Waals surface area contributed by atoms with Crippen LogP contribution in [0.2, 0.25) is 0 Å². The lowest BCUT2D eigenvalue weighted by molar-refractivity contribution is 0.414. The van der Waals surface area contributed by atoms with Crippen LogP contribution >= 0.6 is 0 Å². The summed E-state index contributed by atoms with van der Waals surface area (Å²) in [5.41, 5.74) is -0.300. The average Bonchev–Trinajstić information content (AvgIpc) is 2.19. The Kier molecular flexibility index (Phi) is 2.34. The molecular weight excluding hydrogens is 198 g/mol. The van der Waals surface area contributed by atoms with Crippen LogP contribution in [0.25, 0.3) is 10.8 Å². The zero-order valence-corrected chi connectivity index (χ0v) is 7.68. The average molecular weight is 206 g/mol. The highest BCUT2D eigenvalue weighted by Gasteiger charge is 2.22. The molecule has 0 heterocycles. The molecule has 15 heavy (non-hydrogen) atoms. The number of rotatable bonds is 1. The van der Waals surface area contributed by atoms with Gasteiger partial charge in [0.1, 0.15) is 0 Å². The van der Waals surface area contributed by atoms with Crippen molar-refractivity contribution in [1.82, 2.24) is 0 Å². The summed E-state index contributed by atoms with van der Waals surface area (Å²) in [7, 11) is -1.94. The van der Waals surface area contributed by atoms with Gasteiger partial charge in [-0.25, -0.2) is 4.39 Å². The molecule has 0 fully saturated rings.